The topological polar surface area (TPSA) is 107 Å². The lowest BCUT2D eigenvalue weighted by Gasteiger charge is -2.06. The van der Waals surface area contributed by atoms with Gasteiger partial charge in [0.15, 0.2) is 11.7 Å². The fourth-order valence-corrected chi connectivity index (χ4v) is 1.81. The fraction of sp³-hybridized carbons (Fsp3) is 0.200. The number of hydrogen-bond donors (Lipinski definition) is 3. The van der Waals surface area contributed by atoms with Gasteiger partial charge >= 0.3 is 0 Å². The second-order valence-corrected chi connectivity index (χ2v) is 4.51. The van der Waals surface area contributed by atoms with Gasteiger partial charge in [0.25, 0.3) is 5.91 Å². The zero-order valence-electron chi connectivity index (χ0n) is 12.2. The van der Waals surface area contributed by atoms with Crippen LogP contribution in [0.5, 0.6) is 0 Å². The van der Waals surface area contributed by atoms with E-state index < -0.39 is 5.91 Å². The van der Waals surface area contributed by atoms with Crippen LogP contribution in [0.4, 0.5) is 5.69 Å². The van der Waals surface area contributed by atoms with Crippen molar-refractivity contribution in [3.05, 3.63) is 53.5 Å². The SMILES string of the molecule is CCc1cccc(NC(N)=NCc2ccc(C(N)=O)o2)c1.I. The summed E-state index contributed by atoms with van der Waals surface area (Å²) >= 11 is 0. The largest absolute Gasteiger partial charge is 0.454 e. The standard InChI is InChI=1S/C15H18N4O2.HI/c1-2-10-4-3-5-11(8-10)19-15(17)18-9-12-6-7-13(21-12)14(16)20;/h3-8H,2,9H2,1H3,(H2,16,20)(H3,17,18,19);1H. The number of benzene rings is 1. The number of aryl methyl sites for hydroxylation is 1. The van der Waals surface area contributed by atoms with E-state index in [1.165, 1.54) is 11.6 Å². The molecule has 7 heteroatoms. The van der Waals surface area contributed by atoms with Crippen molar-refractivity contribution in [3.63, 3.8) is 0 Å². The number of nitrogens with zero attached hydrogens (tertiary/aromatic N) is 1. The van der Waals surface area contributed by atoms with E-state index >= 15 is 0 Å². The highest BCUT2D eigenvalue weighted by molar-refractivity contribution is 14.0. The molecule has 0 saturated heterocycles. The highest BCUT2D eigenvalue weighted by Gasteiger charge is 2.06. The van der Waals surface area contributed by atoms with Gasteiger partial charge < -0.3 is 21.2 Å². The zero-order chi connectivity index (χ0) is 15.2. The molecule has 6 nitrogen and oxygen atoms in total. The lowest BCUT2D eigenvalue weighted by atomic mass is 10.1. The molecule has 22 heavy (non-hydrogen) atoms. The Morgan fingerprint density at radius 3 is 2.68 bits per heavy atom. The number of rotatable bonds is 5. The molecule has 1 aromatic heterocycles. The number of carbonyl (C=O) groups is 1. The highest BCUT2D eigenvalue weighted by atomic mass is 127. The van der Waals surface area contributed by atoms with Crippen molar-refractivity contribution in [1.82, 2.24) is 0 Å². The molecular weight excluding hydrogens is 395 g/mol. The summed E-state index contributed by atoms with van der Waals surface area (Å²) in [6, 6.07) is 11.1. The van der Waals surface area contributed by atoms with Crippen LogP contribution in [-0.2, 0) is 13.0 Å². The number of hydrogen-bond acceptors (Lipinski definition) is 3. The Hall–Kier alpha value is -2.03. The summed E-state index contributed by atoms with van der Waals surface area (Å²) < 4.78 is 5.22. The number of guanidine groups is 1. The monoisotopic (exact) mass is 414 g/mol. The lowest BCUT2D eigenvalue weighted by Crippen LogP contribution is -2.22. The number of amides is 1. The van der Waals surface area contributed by atoms with Crippen molar-refractivity contribution in [2.24, 2.45) is 16.5 Å². The van der Waals surface area contributed by atoms with Gasteiger partial charge in [0.05, 0.1) is 0 Å². The lowest BCUT2D eigenvalue weighted by molar-refractivity contribution is 0.0972. The van der Waals surface area contributed by atoms with Crippen molar-refractivity contribution in [2.45, 2.75) is 19.9 Å². The first-order valence-electron chi connectivity index (χ1n) is 6.63. The summed E-state index contributed by atoms with van der Waals surface area (Å²) in [7, 11) is 0. The molecule has 0 atom stereocenters. The maximum absolute atomic E-state index is 10.9. The van der Waals surface area contributed by atoms with Crippen molar-refractivity contribution in [2.75, 3.05) is 5.32 Å². The van der Waals surface area contributed by atoms with Crippen LogP contribution in [0.1, 0.15) is 28.8 Å². The third kappa shape index (κ3) is 5.06. The van der Waals surface area contributed by atoms with E-state index in [2.05, 4.69) is 17.2 Å². The number of furan rings is 1. The normalized spacial score (nSPS) is 10.9. The van der Waals surface area contributed by atoms with E-state index in [0.29, 0.717) is 5.76 Å². The third-order valence-corrected chi connectivity index (χ3v) is 2.92. The second-order valence-electron chi connectivity index (χ2n) is 4.51. The predicted octanol–water partition coefficient (Wildman–Crippen LogP) is 2.49. The fourth-order valence-electron chi connectivity index (χ4n) is 1.81. The van der Waals surface area contributed by atoms with Crippen LogP contribution < -0.4 is 16.8 Å². The number of primary amides is 1. The Kier molecular flexibility index (Phi) is 6.90. The summed E-state index contributed by atoms with van der Waals surface area (Å²) in [6.07, 6.45) is 0.953. The minimum Gasteiger partial charge on any atom is -0.454 e. The van der Waals surface area contributed by atoms with E-state index in [1.807, 2.05) is 24.3 Å². The number of nitrogens with two attached hydrogens (primary N) is 2. The first-order chi connectivity index (χ1) is 10.1. The molecule has 0 spiro atoms. The Morgan fingerprint density at radius 1 is 1.27 bits per heavy atom. The molecule has 0 unspecified atom stereocenters. The van der Waals surface area contributed by atoms with Gasteiger partial charge in [-0.2, -0.15) is 0 Å². The molecule has 0 aliphatic rings. The highest BCUT2D eigenvalue weighted by Crippen LogP contribution is 2.11. The number of aliphatic imine (C=N–C) groups is 1. The molecule has 118 valence electrons. The molecule has 1 amide bonds. The summed E-state index contributed by atoms with van der Waals surface area (Å²) in [6.45, 7) is 2.32. The quantitative estimate of drug-likeness (QED) is 0.397. The minimum atomic E-state index is -0.604. The van der Waals surface area contributed by atoms with Gasteiger partial charge in [-0.3, -0.25) is 4.79 Å². The van der Waals surface area contributed by atoms with Crippen LogP contribution in [0, 0.1) is 0 Å². The molecule has 0 aliphatic heterocycles. The molecule has 0 radical (unpaired) electrons. The Labute approximate surface area is 146 Å². The molecule has 1 aromatic carbocycles. The van der Waals surface area contributed by atoms with Crippen molar-refractivity contribution in [1.29, 1.82) is 0 Å². The number of anilines is 1. The van der Waals surface area contributed by atoms with Crippen molar-refractivity contribution < 1.29 is 9.21 Å². The maximum Gasteiger partial charge on any atom is 0.284 e. The summed E-state index contributed by atoms with van der Waals surface area (Å²) in [4.78, 5) is 15.1. The van der Waals surface area contributed by atoms with Crippen LogP contribution in [0.2, 0.25) is 0 Å². The van der Waals surface area contributed by atoms with Crippen molar-refractivity contribution >= 4 is 41.5 Å². The molecule has 0 fully saturated rings. The molecular formula is C15H19IN4O2. The van der Waals surface area contributed by atoms with E-state index in [9.17, 15) is 4.79 Å². The van der Waals surface area contributed by atoms with E-state index in [4.69, 9.17) is 15.9 Å². The van der Waals surface area contributed by atoms with Crippen LogP contribution in [-0.4, -0.2) is 11.9 Å². The van der Waals surface area contributed by atoms with E-state index in [0.717, 1.165) is 12.1 Å². The third-order valence-electron chi connectivity index (χ3n) is 2.92. The Balaban J connectivity index is 0.00000242. The van der Waals surface area contributed by atoms with Gasteiger partial charge in [-0.15, -0.1) is 24.0 Å². The van der Waals surface area contributed by atoms with Crippen LogP contribution in [0.25, 0.3) is 0 Å². The van der Waals surface area contributed by atoms with Gasteiger partial charge in [0, 0.05) is 5.69 Å². The second kappa shape index (κ2) is 8.42. The molecule has 2 aromatic rings. The minimum absolute atomic E-state index is 0. The first-order valence-corrected chi connectivity index (χ1v) is 6.63. The van der Waals surface area contributed by atoms with E-state index in [1.54, 1.807) is 6.07 Å². The van der Waals surface area contributed by atoms with Crippen LogP contribution in [0.15, 0.2) is 45.8 Å². The van der Waals surface area contributed by atoms with E-state index in [-0.39, 0.29) is 42.2 Å². The van der Waals surface area contributed by atoms with Gasteiger partial charge in [-0.05, 0) is 36.2 Å². The molecule has 5 N–H and O–H groups in total. The van der Waals surface area contributed by atoms with Gasteiger partial charge in [-0.1, -0.05) is 19.1 Å². The molecule has 0 aliphatic carbocycles. The maximum atomic E-state index is 10.9. The molecule has 0 bridgehead atoms. The average molecular weight is 414 g/mol. The van der Waals surface area contributed by atoms with Gasteiger partial charge in [0.2, 0.25) is 0 Å². The van der Waals surface area contributed by atoms with Crippen molar-refractivity contribution in [3.8, 4) is 0 Å². The average Bonchev–Trinajstić information content (AvgIpc) is 2.94. The van der Waals surface area contributed by atoms with Gasteiger partial charge in [0.1, 0.15) is 12.3 Å². The Morgan fingerprint density at radius 2 is 2.05 bits per heavy atom. The number of halogens is 1. The summed E-state index contributed by atoms with van der Waals surface area (Å²) in [5.41, 5.74) is 13.0. The summed E-state index contributed by atoms with van der Waals surface area (Å²) in [5.74, 6) is 0.311. The number of nitrogens with one attached hydrogen (secondary N) is 1. The molecule has 2 rings (SSSR count). The zero-order valence-corrected chi connectivity index (χ0v) is 14.5. The summed E-state index contributed by atoms with van der Waals surface area (Å²) in [5, 5.41) is 3.01. The van der Waals surface area contributed by atoms with Gasteiger partial charge in [-0.25, -0.2) is 4.99 Å². The van der Waals surface area contributed by atoms with Crippen LogP contribution in [0.3, 0.4) is 0 Å². The smallest absolute Gasteiger partial charge is 0.284 e. The first kappa shape index (κ1) is 18.0. The predicted molar refractivity (Wildman–Crippen MR) is 97.4 cm³/mol. The van der Waals surface area contributed by atoms with Crippen LogP contribution >= 0.6 is 24.0 Å². The molecule has 0 saturated carbocycles. The number of carbonyl (C=O) groups excluding carboxylic acids is 1. The molecule has 1 heterocycles. The Bertz CT molecular complexity index is 667.